The molecule has 328 valence electrons. The zero-order valence-electron chi connectivity index (χ0n) is 49.1. The molecule has 4 nitrogen and oxygen atoms in total. The van der Waals surface area contributed by atoms with Gasteiger partial charge in [-0.15, -0.1) is 0 Å². The number of aryl methyl sites for hydroxylation is 12. The van der Waals surface area contributed by atoms with Gasteiger partial charge in [-0.05, 0) is 126 Å². The molecule has 0 amide bonds. The van der Waals surface area contributed by atoms with Crippen molar-refractivity contribution in [1.29, 1.82) is 0 Å². The lowest BCUT2D eigenvalue weighted by Gasteiger charge is -2.08. The van der Waals surface area contributed by atoms with E-state index in [2.05, 4.69) is 156 Å². The molecule has 4 aromatic carbocycles. The van der Waals surface area contributed by atoms with Gasteiger partial charge in [-0.2, -0.15) is 18.3 Å². The van der Waals surface area contributed by atoms with Crippen LogP contribution in [0.2, 0.25) is 0 Å². The maximum atomic E-state index is 7.58. The maximum Gasteiger partial charge on any atom is 0.212 e. The van der Waals surface area contributed by atoms with Gasteiger partial charge >= 0.3 is 0 Å². The topological polar surface area (TPSA) is 15.5 Å². The summed E-state index contributed by atoms with van der Waals surface area (Å²) in [4.78, 5) is 0. The van der Waals surface area contributed by atoms with Crippen LogP contribution in [0.4, 0.5) is 0 Å². The highest BCUT2D eigenvalue weighted by Crippen LogP contribution is 2.26. The summed E-state index contributed by atoms with van der Waals surface area (Å²) in [6, 6.07) is 47.6. The molecular formula is C60H72N4+4. The smallest absolute Gasteiger partial charge is 0.199 e. The molecule has 4 heteroatoms. The van der Waals surface area contributed by atoms with Crippen LogP contribution < -0.4 is 18.3 Å². The van der Waals surface area contributed by atoms with Crippen LogP contribution in [0.1, 0.15) is 79.6 Å². The summed E-state index contributed by atoms with van der Waals surface area (Å²) >= 11 is 0. The molecule has 0 N–H and O–H groups in total. The van der Waals surface area contributed by atoms with E-state index in [9.17, 15) is 0 Å². The first-order valence-corrected chi connectivity index (χ1v) is 21.8. The van der Waals surface area contributed by atoms with Crippen LogP contribution in [-0.2, 0) is 28.2 Å². The van der Waals surface area contributed by atoms with Crippen LogP contribution in [-0.4, -0.2) is 0 Å². The summed E-state index contributed by atoms with van der Waals surface area (Å²) in [5.41, 5.74) is 20.6. The summed E-state index contributed by atoms with van der Waals surface area (Å²) in [6.45, 7) is 12.4. The van der Waals surface area contributed by atoms with Gasteiger partial charge in [0.15, 0.2) is 22.8 Å². The third-order valence-electron chi connectivity index (χ3n) is 12.0. The highest BCUT2D eigenvalue weighted by molar-refractivity contribution is 5.66. The second-order valence-electron chi connectivity index (χ2n) is 16.9. The minimum Gasteiger partial charge on any atom is -0.199 e. The predicted molar refractivity (Wildman–Crippen MR) is 269 cm³/mol. The number of hydrogen-bond donors (Lipinski definition) is 0. The first kappa shape index (κ1) is 36.9. The van der Waals surface area contributed by atoms with E-state index in [1.165, 1.54) is 61.7 Å². The van der Waals surface area contributed by atoms with E-state index < -0.39 is 20.6 Å². The Kier molecular flexibility index (Phi) is 12.5. The molecule has 4 heterocycles. The normalized spacial score (nSPS) is 13.2. The number of rotatable bonds is 4. The molecule has 0 radical (unpaired) electrons. The lowest BCUT2D eigenvalue weighted by atomic mass is 9.99. The fourth-order valence-corrected chi connectivity index (χ4v) is 7.81. The SMILES string of the molecule is Cc1ccc(C)c(-c2cccc(C)[n+]2C)c1.Cc1cccc(C)c1-c1cccc(C)[n+]1C.[2H]C([2H])([2H])c1ccc(-c2cccc(C([2H])([2H])[2H])[n+]2C)c(C)c1.[2H]C([2H])([2H])c1cccc(-c2cc(C)ccc2C)[n+]1C. The van der Waals surface area contributed by atoms with Gasteiger partial charge in [0.05, 0.1) is 5.56 Å². The number of pyridine rings is 4. The Morgan fingerprint density at radius 2 is 0.672 bits per heavy atom. The summed E-state index contributed by atoms with van der Waals surface area (Å²) in [5, 5.41) is 0. The zero-order chi connectivity index (χ0) is 54.3. The Bertz CT molecular complexity index is 3220. The van der Waals surface area contributed by atoms with Crippen molar-refractivity contribution in [3.8, 4) is 45.0 Å². The van der Waals surface area contributed by atoms with Crippen molar-refractivity contribution < 1.29 is 30.6 Å². The molecular weight excluding hydrogens is 777 g/mol. The van der Waals surface area contributed by atoms with E-state index in [1.807, 2.05) is 32.9 Å². The van der Waals surface area contributed by atoms with Crippen LogP contribution in [0.25, 0.3) is 45.0 Å². The molecule has 4 aromatic heterocycles. The molecule has 0 bridgehead atoms. The van der Waals surface area contributed by atoms with Crippen molar-refractivity contribution in [2.75, 3.05) is 0 Å². The lowest BCUT2D eigenvalue weighted by molar-refractivity contribution is -0.666. The summed E-state index contributed by atoms with van der Waals surface area (Å²) in [5.74, 6) is 0. The van der Waals surface area contributed by atoms with Crippen LogP contribution in [0.3, 0.4) is 0 Å². The monoisotopic (exact) mass is 858 g/mol. The van der Waals surface area contributed by atoms with E-state index >= 15 is 0 Å². The Morgan fingerprint density at radius 3 is 1.11 bits per heavy atom. The molecule has 0 aliphatic rings. The highest BCUT2D eigenvalue weighted by atomic mass is 15.0. The van der Waals surface area contributed by atoms with Crippen molar-refractivity contribution in [2.45, 2.75) is 82.9 Å². The van der Waals surface area contributed by atoms with Gasteiger partial charge in [-0.25, -0.2) is 0 Å². The molecule has 0 aliphatic heterocycles. The molecule has 0 spiro atoms. The Hall–Kier alpha value is -6.52. The minimum atomic E-state index is -2.20. The molecule has 0 fully saturated rings. The molecule has 8 aromatic rings. The van der Waals surface area contributed by atoms with Crippen molar-refractivity contribution >= 4 is 0 Å². The van der Waals surface area contributed by atoms with E-state index in [-0.39, 0.29) is 11.3 Å². The van der Waals surface area contributed by atoms with Crippen molar-refractivity contribution in [3.05, 3.63) is 213 Å². The van der Waals surface area contributed by atoms with Crippen molar-refractivity contribution in [3.63, 3.8) is 0 Å². The molecule has 8 rings (SSSR count). The average molecular weight is 858 g/mol. The van der Waals surface area contributed by atoms with Gasteiger partial charge in [-0.1, -0.05) is 71.3 Å². The fraction of sp³-hybridized carbons (Fsp3) is 0.267. The van der Waals surface area contributed by atoms with E-state index in [0.717, 1.165) is 33.6 Å². The number of benzene rings is 4. The molecule has 0 atom stereocenters. The number of nitrogens with zero attached hydrogens (tertiary/aromatic N) is 4. The molecule has 0 saturated heterocycles. The van der Waals surface area contributed by atoms with Crippen LogP contribution in [0, 0.1) is 82.9 Å². The Balaban J connectivity index is 0.000000182. The standard InChI is InChI=1S/4C15H18N/c1-11-7-5-8-12(2)15(11)14-10-6-9-13(3)16(14)4;1-11-8-9-14(12(2)10-11)15-7-5-6-13(3)16(15)4;2*1-11-8-9-12(2)14(10-11)15-7-5-6-13(3)16(15)4/h4*5-10H,1-4H3/q4*+1/i;1D3,3D3;3D3;. The Labute approximate surface area is 398 Å². The Morgan fingerprint density at radius 1 is 0.297 bits per heavy atom. The summed E-state index contributed by atoms with van der Waals surface area (Å²) in [6.07, 6.45) is 0. The molecule has 0 aliphatic carbocycles. The fourth-order valence-electron chi connectivity index (χ4n) is 7.81. The van der Waals surface area contributed by atoms with Gasteiger partial charge in [0.25, 0.3) is 0 Å². The number of aromatic nitrogens is 4. The summed E-state index contributed by atoms with van der Waals surface area (Å²) < 4.78 is 75.7. The first-order valence-electron chi connectivity index (χ1n) is 26.3. The average Bonchev–Trinajstić information content (AvgIpc) is 3.30. The zero-order valence-corrected chi connectivity index (χ0v) is 40.1. The van der Waals surface area contributed by atoms with Gasteiger partial charge in [0.2, 0.25) is 22.8 Å². The minimum absolute atomic E-state index is 0.240. The molecule has 0 saturated carbocycles. The van der Waals surface area contributed by atoms with Crippen molar-refractivity contribution in [2.24, 2.45) is 28.2 Å². The molecule has 0 unspecified atom stereocenters. The number of hydrogen-bond acceptors (Lipinski definition) is 0. The van der Waals surface area contributed by atoms with Gasteiger partial charge in [-0.3, -0.25) is 0 Å². The summed E-state index contributed by atoms with van der Waals surface area (Å²) in [7, 11) is 7.75. The maximum absolute atomic E-state index is 7.58. The first-order chi connectivity index (χ1) is 34.0. The second kappa shape index (κ2) is 21.7. The van der Waals surface area contributed by atoms with Gasteiger partial charge in [0, 0.05) is 105 Å². The van der Waals surface area contributed by atoms with Crippen molar-refractivity contribution in [1.82, 2.24) is 0 Å². The van der Waals surface area contributed by atoms with E-state index in [0.29, 0.717) is 5.69 Å². The van der Waals surface area contributed by atoms with E-state index in [4.69, 9.17) is 12.3 Å². The predicted octanol–water partition coefficient (Wildman–Crippen LogP) is 12.4. The third kappa shape index (κ3) is 11.7. The largest absolute Gasteiger partial charge is 0.212 e. The lowest BCUT2D eigenvalue weighted by Crippen LogP contribution is -2.34. The van der Waals surface area contributed by atoms with Crippen LogP contribution in [0.15, 0.2) is 146 Å². The molecule has 64 heavy (non-hydrogen) atoms. The van der Waals surface area contributed by atoms with Crippen LogP contribution in [0.5, 0.6) is 0 Å². The van der Waals surface area contributed by atoms with Gasteiger partial charge < -0.3 is 0 Å². The third-order valence-corrected chi connectivity index (χ3v) is 12.0. The van der Waals surface area contributed by atoms with Gasteiger partial charge in [0.1, 0.15) is 28.2 Å². The van der Waals surface area contributed by atoms with E-state index in [1.54, 1.807) is 65.7 Å². The second-order valence-corrected chi connectivity index (χ2v) is 16.9. The quantitative estimate of drug-likeness (QED) is 0.157. The van der Waals surface area contributed by atoms with Crippen LogP contribution >= 0.6 is 0 Å². The highest BCUT2D eigenvalue weighted by Gasteiger charge is 2.17.